The van der Waals surface area contributed by atoms with Gasteiger partial charge in [0.05, 0.1) is 25.3 Å². The van der Waals surface area contributed by atoms with Gasteiger partial charge < -0.3 is 28.4 Å². The highest BCUT2D eigenvalue weighted by Crippen LogP contribution is 2.37. The van der Waals surface area contributed by atoms with Gasteiger partial charge in [-0.25, -0.2) is 4.79 Å². The molecule has 0 amide bonds. The minimum atomic E-state index is -0.604. The zero-order valence-electron chi connectivity index (χ0n) is 17.7. The van der Waals surface area contributed by atoms with Crippen LogP contribution in [-0.2, 0) is 0 Å². The molecule has 0 bridgehead atoms. The van der Waals surface area contributed by atoms with Crippen molar-refractivity contribution in [3.05, 3.63) is 77.0 Å². The number of fused-ring (bicyclic) bond motifs is 2. The van der Waals surface area contributed by atoms with Crippen molar-refractivity contribution < 1.29 is 38.0 Å². The van der Waals surface area contributed by atoms with E-state index in [-0.39, 0.29) is 29.6 Å². The third-order valence-corrected chi connectivity index (χ3v) is 5.13. The van der Waals surface area contributed by atoms with E-state index in [4.69, 9.17) is 28.4 Å². The van der Waals surface area contributed by atoms with Crippen LogP contribution in [0, 0.1) is 0 Å². The van der Waals surface area contributed by atoms with Crippen molar-refractivity contribution in [1.29, 1.82) is 0 Å². The molecular formula is C25H18O8. The summed E-state index contributed by atoms with van der Waals surface area (Å²) in [6, 6.07) is 14.7. The summed E-state index contributed by atoms with van der Waals surface area (Å²) in [6.07, 6.45) is 1.62. The number of allylic oxidation sites excluding steroid dienone is 1. The Morgan fingerprint density at radius 2 is 1.61 bits per heavy atom. The Morgan fingerprint density at radius 1 is 0.848 bits per heavy atom. The first-order valence-corrected chi connectivity index (χ1v) is 9.97. The molecule has 0 saturated heterocycles. The number of methoxy groups -OCH3 is 2. The van der Waals surface area contributed by atoms with E-state index >= 15 is 0 Å². The number of carbonyl (C=O) groups excluding carboxylic acids is 2. The Kier molecular flexibility index (Phi) is 5.10. The summed E-state index contributed by atoms with van der Waals surface area (Å²) in [5, 5.41) is 0. The van der Waals surface area contributed by atoms with E-state index in [0.717, 1.165) is 5.56 Å². The van der Waals surface area contributed by atoms with E-state index in [0.29, 0.717) is 34.3 Å². The SMILES string of the molecule is COc1cc(OC)cc(C(=O)Oc2ccc3c(c2)O/C(=C\c2ccc4c(c2)OCO4)C3=O)c1. The molecule has 0 aliphatic carbocycles. The Morgan fingerprint density at radius 3 is 2.36 bits per heavy atom. The number of benzene rings is 3. The van der Waals surface area contributed by atoms with Crippen LogP contribution < -0.4 is 28.4 Å². The van der Waals surface area contributed by atoms with Crippen molar-refractivity contribution in [2.45, 2.75) is 0 Å². The van der Waals surface area contributed by atoms with Crippen molar-refractivity contribution >= 4 is 17.8 Å². The van der Waals surface area contributed by atoms with E-state index in [1.54, 1.807) is 54.6 Å². The lowest BCUT2D eigenvalue weighted by Crippen LogP contribution is -2.09. The molecule has 2 aliphatic rings. The number of ketones is 1. The average molecular weight is 446 g/mol. The number of ether oxygens (including phenoxy) is 6. The minimum Gasteiger partial charge on any atom is -0.497 e. The van der Waals surface area contributed by atoms with Gasteiger partial charge in [0.15, 0.2) is 17.3 Å². The second-order valence-electron chi connectivity index (χ2n) is 7.20. The van der Waals surface area contributed by atoms with Gasteiger partial charge in [-0.1, -0.05) is 6.07 Å². The maximum absolute atomic E-state index is 12.7. The van der Waals surface area contributed by atoms with Crippen LogP contribution in [0.15, 0.2) is 60.4 Å². The van der Waals surface area contributed by atoms with Gasteiger partial charge in [-0.3, -0.25) is 4.79 Å². The number of hydrogen-bond acceptors (Lipinski definition) is 8. The molecule has 3 aromatic rings. The Hall–Kier alpha value is -4.46. The third kappa shape index (κ3) is 3.94. The van der Waals surface area contributed by atoms with Crippen molar-refractivity contribution in [3.8, 4) is 34.5 Å². The van der Waals surface area contributed by atoms with Crippen LogP contribution in [0.4, 0.5) is 0 Å². The fraction of sp³-hybridized carbons (Fsp3) is 0.120. The van der Waals surface area contributed by atoms with Gasteiger partial charge in [0.1, 0.15) is 23.0 Å². The minimum absolute atomic E-state index is 0.157. The number of rotatable bonds is 5. The third-order valence-electron chi connectivity index (χ3n) is 5.13. The molecule has 0 saturated carbocycles. The van der Waals surface area contributed by atoms with E-state index in [9.17, 15) is 9.59 Å². The van der Waals surface area contributed by atoms with Crippen LogP contribution in [0.2, 0.25) is 0 Å². The molecule has 0 spiro atoms. The molecule has 8 heteroatoms. The molecule has 0 fully saturated rings. The van der Waals surface area contributed by atoms with Crippen molar-refractivity contribution in [3.63, 3.8) is 0 Å². The summed E-state index contributed by atoms with van der Waals surface area (Å²) in [6.45, 7) is 0.167. The second kappa shape index (κ2) is 8.23. The van der Waals surface area contributed by atoms with Gasteiger partial charge in [-0.05, 0) is 48.0 Å². The highest BCUT2D eigenvalue weighted by atomic mass is 16.7. The molecule has 0 radical (unpaired) electrons. The number of Topliss-reactive ketones (excluding diaryl/α,β-unsaturated/α-hetero) is 1. The van der Waals surface area contributed by atoms with Gasteiger partial charge in [0, 0.05) is 12.1 Å². The molecule has 0 aromatic heterocycles. The van der Waals surface area contributed by atoms with Crippen LogP contribution in [-0.4, -0.2) is 32.8 Å². The van der Waals surface area contributed by atoms with Gasteiger partial charge >= 0.3 is 5.97 Å². The molecule has 5 rings (SSSR count). The molecule has 2 heterocycles. The van der Waals surface area contributed by atoms with Crippen molar-refractivity contribution in [1.82, 2.24) is 0 Å². The van der Waals surface area contributed by atoms with Crippen molar-refractivity contribution in [2.24, 2.45) is 0 Å². The molecular weight excluding hydrogens is 428 g/mol. The summed E-state index contributed by atoms with van der Waals surface area (Å²) in [5.74, 6) is 2.01. The van der Waals surface area contributed by atoms with Crippen LogP contribution in [0.5, 0.6) is 34.5 Å². The van der Waals surface area contributed by atoms with Gasteiger partial charge in [-0.2, -0.15) is 0 Å². The lowest BCUT2D eigenvalue weighted by Gasteiger charge is -2.09. The normalized spacial score (nSPS) is 14.6. The predicted octanol–water partition coefficient (Wildman–Crippen LogP) is 4.27. The van der Waals surface area contributed by atoms with Gasteiger partial charge in [0.25, 0.3) is 0 Å². The predicted molar refractivity (Wildman–Crippen MR) is 116 cm³/mol. The maximum atomic E-state index is 12.7. The first-order valence-electron chi connectivity index (χ1n) is 9.97. The molecule has 8 nitrogen and oxygen atoms in total. The molecule has 0 N–H and O–H groups in total. The first-order chi connectivity index (χ1) is 16.0. The summed E-state index contributed by atoms with van der Waals surface area (Å²) in [5.41, 5.74) is 1.37. The highest BCUT2D eigenvalue weighted by Gasteiger charge is 2.28. The molecule has 3 aromatic carbocycles. The summed E-state index contributed by atoms with van der Waals surface area (Å²) in [7, 11) is 2.99. The van der Waals surface area contributed by atoms with Crippen LogP contribution in [0.1, 0.15) is 26.3 Å². The van der Waals surface area contributed by atoms with Crippen LogP contribution >= 0.6 is 0 Å². The zero-order chi connectivity index (χ0) is 22.9. The lowest BCUT2D eigenvalue weighted by molar-refractivity contribution is 0.0733. The monoisotopic (exact) mass is 446 g/mol. The highest BCUT2D eigenvalue weighted by molar-refractivity contribution is 6.14. The van der Waals surface area contributed by atoms with Gasteiger partial charge in [-0.15, -0.1) is 0 Å². The number of hydrogen-bond donors (Lipinski definition) is 0. The van der Waals surface area contributed by atoms with Crippen LogP contribution in [0.3, 0.4) is 0 Å². The second-order valence-corrected chi connectivity index (χ2v) is 7.20. The summed E-state index contributed by atoms with van der Waals surface area (Å²) >= 11 is 0. The van der Waals surface area contributed by atoms with Crippen molar-refractivity contribution in [2.75, 3.05) is 21.0 Å². The van der Waals surface area contributed by atoms with Gasteiger partial charge in [0.2, 0.25) is 12.6 Å². The molecule has 0 unspecified atom stereocenters. The number of carbonyl (C=O) groups is 2. The zero-order valence-corrected chi connectivity index (χ0v) is 17.7. The molecule has 33 heavy (non-hydrogen) atoms. The molecule has 0 atom stereocenters. The summed E-state index contributed by atoms with van der Waals surface area (Å²) < 4.78 is 32.3. The summed E-state index contributed by atoms with van der Waals surface area (Å²) in [4.78, 5) is 25.4. The first kappa shape index (κ1) is 20.4. The van der Waals surface area contributed by atoms with Crippen LogP contribution in [0.25, 0.3) is 6.08 Å². The lowest BCUT2D eigenvalue weighted by atomic mass is 10.1. The van der Waals surface area contributed by atoms with E-state index < -0.39 is 5.97 Å². The Bertz CT molecular complexity index is 1290. The standard InChI is InChI=1S/C25H18O8/c1-28-17-9-15(10-18(11-17)29-2)25(27)32-16-4-5-19-21(12-16)33-23(24(19)26)8-14-3-6-20-22(7-14)31-13-30-20/h3-12H,13H2,1-2H3/b23-8-. The average Bonchev–Trinajstić information content (AvgIpc) is 3.42. The largest absolute Gasteiger partial charge is 0.497 e. The quantitative estimate of drug-likeness (QED) is 0.326. The van der Waals surface area contributed by atoms with E-state index in [1.165, 1.54) is 20.3 Å². The van der Waals surface area contributed by atoms with E-state index in [2.05, 4.69) is 0 Å². The fourth-order valence-electron chi connectivity index (χ4n) is 3.48. The molecule has 2 aliphatic heterocycles. The fourth-order valence-corrected chi connectivity index (χ4v) is 3.48. The smallest absolute Gasteiger partial charge is 0.343 e. The Labute approximate surface area is 188 Å². The van der Waals surface area contributed by atoms with E-state index in [1.807, 2.05) is 0 Å². The number of esters is 1. The topological polar surface area (TPSA) is 89.5 Å². The maximum Gasteiger partial charge on any atom is 0.343 e. The molecule has 166 valence electrons. The Balaban J connectivity index is 1.36.